The van der Waals surface area contributed by atoms with Gasteiger partial charge in [0.15, 0.2) is 0 Å². The lowest BCUT2D eigenvalue weighted by Gasteiger charge is -2.61. The Bertz CT molecular complexity index is 936. The molecule has 1 spiro atoms. The van der Waals surface area contributed by atoms with Gasteiger partial charge in [-0.3, -0.25) is 9.59 Å². The molecular formula is C32H51NO4. The van der Waals surface area contributed by atoms with Gasteiger partial charge < -0.3 is 14.4 Å². The van der Waals surface area contributed by atoms with Crippen molar-refractivity contribution in [1.29, 1.82) is 0 Å². The van der Waals surface area contributed by atoms with E-state index >= 15 is 0 Å². The van der Waals surface area contributed by atoms with Gasteiger partial charge in [-0.1, -0.05) is 34.6 Å². The zero-order valence-corrected chi connectivity index (χ0v) is 24.3. The Hall–Kier alpha value is -1.10. The van der Waals surface area contributed by atoms with E-state index in [0.29, 0.717) is 47.0 Å². The molecule has 1 amide bonds. The molecule has 6 fully saturated rings. The van der Waals surface area contributed by atoms with Crippen LogP contribution in [0.5, 0.6) is 0 Å². The number of hydrogen-bond acceptors (Lipinski definition) is 4. The van der Waals surface area contributed by atoms with E-state index < -0.39 is 0 Å². The lowest BCUT2D eigenvalue weighted by atomic mass is 9.44. The number of esters is 1. The number of piperidine rings is 1. The van der Waals surface area contributed by atoms with Gasteiger partial charge in [0.25, 0.3) is 0 Å². The third-order valence-electron chi connectivity index (χ3n) is 13.2. The maximum absolute atomic E-state index is 12.8. The lowest BCUT2D eigenvalue weighted by molar-refractivity contribution is -0.201. The van der Waals surface area contributed by atoms with Crippen molar-refractivity contribution in [1.82, 2.24) is 4.90 Å². The molecule has 0 N–H and O–H groups in total. The Morgan fingerprint density at radius 1 is 0.946 bits per heavy atom. The number of likely N-dealkylation sites (tertiary alicyclic amines) is 1. The number of carbonyl (C=O) groups is 2. The molecule has 6 rings (SSSR count). The molecule has 5 nitrogen and oxygen atoms in total. The van der Waals surface area contributed by atoms with Gasteiger partial charge in [0.1, 0.15) is 11.8 Å². The van der Waals surface area contributed by atoms with Crippen LogP contribution in [0.1, 0.15) is 112 Å². The largest absolute Gasteiger partial charge is 0.462 e. The summed E-state index contributed by atoms with van der Waals surface area (Å²) in [5, 5.41) is 0. The van der Waals surface area contributed by atoms with Crippen molar-refractivity contribution in [3.63, 3.8) is 0 Å². The van der Waals surface area contributed by atoms with Gasteiger partial charge in [0.05, 0.1) is 6.10 Å². The predicted octanol–water partition coefficient (Wildman–Crippen LogP) is 6.59. The molecule has 2 aliphatic heterocycles. The van der Waals surface area contributed by atoms with E-state index in [-0.39, 0.29) is 23.7 Å². The van der Waals surface area contributed by atoms with Crippen molar-refractivity contribution in [3.8, 4) is 0 Å². The summed E-state index contributed by atoms with van der Waals surface area (Å²) in [6.07, 6.45) is 12.8. The summed E-state index contributed by atoms with van der Waals surface area (Å²) in [7, 11) is 0. The van der Waals surface area contributed by atoms with Crippen LogP contribution in [0.25, 0.3) is 0 Å². The molecular weight excluding hydrogens is 462 g/mol. The summed E-state index contributed by atoms with van der Waals surface area (Å²) in [5.74, 6) is 4.69. The maximum atomic E-state index is 12.8. The summed E-state index contributed by atoms with van der Waals surface area (Å²) < 4.78 is 13.0. The first-order valence-electron chi connectivity index (χ1n) is 15.7. The zero-order valence-electron chi connectivity index (χ0n) is 24.3. The van der Waals surface area contributed by atoms with Crippen LogP contribution in [-0.2, 0) is 19.1 Å². The van der Waals surface area contributed by atoms with Crippen LogP contribution in [0.2, 0.25) is 0 Å². The second kappa shape index (κ2) is 8.96. The van der Waals surface area contributed by atoms with Crippen molar-refractivity contribution in [2.45, 2.75) is 130 Å². The molecule has 0 aromatic rings. The van der Waals surface area contributed by atoms with Crippen LogP contribution in [0, 0.1) is 52.3 Å². The monoisotopic (exact) mass is 513 g/mol. The van der Waals surface area contributed by atoms with Crippen LogP contribution < -0.4 is 0 Å². The van der Waals surface area contributed by atoms with Crippen molar-refractivity contribution >= 4 is 11.9 Å². The minimum absolute atomic E-state index is 0.0316. The van der Waals surface area contributed by atoms with E-state index in [1.807, 2.05) is 6.92 Å². The van der Waals surface area contributed by atoms with E-state index in [0.717, 1.165) is 50.0 Å². The van der Waals surface area contributed by atoms with Gasteiger partial charge in [-0.25, -0.2) is 0 Å². The zero-order chi connectivity index (χ0) is 26.3. The van der Waals surface area contributed by atoms with Crippen molar-refractivity contribution < 1.29 is 19.1 Å². The van der Waals surface area contributed by atoms with Crippen LogP contribution >= 0.6 is 0 Å². The third-order valence-corrected chi connectivity index (χ3v) is 13.2. The number of ether oxygens (including phenoxy) is 2. The third kappa shape index (κ3) is 3.71. The first-order chi connectivity index (χ1) is 17.5. The molecule has 0 aromatic carbocycles. The Kier molecular flexibility index (Phi) is 6.33. The standard InChI is InChI=1S/C32H51NO4/c1-7-28(35)36-23-11-13-30(5)22(16-23)8-9-24-25(30)12-14-31(6)26(24)17-27-29(31)20(3)32(37-27)15-10-19(2)18-33(32)21(4)34/h19-20,22-27,29H,7-18H2,1-6H3. The van der Waals surface area contributed by atoms with Gasteiger partial charge >= 0.3 is 5.97 Å². The molecule has 37 heavy (non-hydrogen) atoms. The quantitative estimate of drug-likeness (QED) is 0.391. The number of nitrogens with zero attached hydrogens (tertiary/aromatic N) is 1. The number of hydrogen-bond donors (Lipinski definition) is 0. The molecule has 0 bridgehead atoms. The Balaban J connectivity index is 1.21. The van der Waals surface area contributed by atoms with E-state index in [1.165, 1.54) is 38.5 Å². The molecule has 6 aliphatic rings. The number of rotatable bonds is 2. The lowest BCUT2D eigenvalue weighted by Crippen LogP contribution is -2.60. The molecule has 4 aliphatic carbocycles. The Labute approximate surface area is 224 Å². The highest BCUT2D eigenvalue weighted by molar-refractivity contribution is 5.74. The highest BCUT2D eigenvalue weighted by atomic mass is 16.5. The summed E-state index contributed by atoms with van der Waals surface area (Å²) in [6.45, 7) is 14.4. The molecule has 5 heteroatoms. The van der Waals surface area contributed by atoms with Gasteiger partial charge in [-0.05, 0) is 111 Å². The van der Waals surface area contributed by atoms with Crippen molar-refractivity contribution in [2.24, 2.45) is 52.3 Å². The molecule has 0 aromatic heterocycles. The fourth-order valence-corrected chi connectivity index (χ4v) is 11.4. The average molecular weight is 514 g/mol. The van der Waals surface area contributed by atoms with Gasteiger partial charge in [0.2, 0.25) is 5.91 Å². The highest BCUT2D eigenvalue weighted by Crippen LogP contribution is 2.71. The molecule has 12 atom stereocenters. The van der Waals surface area contributed by atoms with E-state index in [4.69, 9.17) is 9.47 Å². The molecule has 208 valence electrons. The predicted molar refractivity (Wildman–Crippen MR) is 143 cm³/mol. The Morgan fingerprint density at radius 3 is 2.43 bits per heavy atom. The van der Waals surface area contributed by atoms with Gasteiger partial charge in [0, 0.05) is 25.8 Å². The van der Waals surface area contributed by atoms with Crippen molar-refractivity contribution in [3.05, 3.63) is 0 Å². The topological polar surface area (TPSA) is 55.8 Å². The van der Waals surface area contributed by atoms with E-state index in [1.54, 1.807) is 6.92 Å². The fraction of sp³-hybridized carbons (Fsp3) is 0.938. The van der Waals surface area contributed by atoms with Crippen LogP contribution in [0.4, 0.5) is 0 Å². The molecule has 2 saturated heterocycles. The van der Waals surface area contributed by atoms with Gasteiger partial charge in [-0.15, -0.1) is 0 Å². The Morgan fingerprint density at radius 2 is 1.70 bits per heavy atom. The molecule has 4 saturated carbocycles. The second-order valence-electron chi connectivity index (χ2n) is 14.8. The molecule has 12 unspecified atom stereocenters. The SMILES string of the molecule is CCC(=O)OC1CCC2(C)C(CCC3C2CCC2(C)C3CC3OC4(CCC(C)CN4C(C)=O)C(C)C32)C1. The number of fused-ring (bicyclic) bond motifs is 7. The maximum Gasteiger partial charge on any atom is 0.305 e. The first-order valence-corrected chi connectivity index (χ1v) is 15.7. The number of amides is 1. The minimum atomic E-state index is -0.379. The van der Waals surface area contributed by atoms with Crippen LogP contribution in [0.3, 0.4) is 0 Å². The normalized spacial score (nSPS) is 52.7. The van der Waals surface area contributed by atoms with Crippen LogP contribution in [-0.4, -0.2) is 41.3 Å². The van der Waals surface area contributed by atoms with E-state index in [9.17, 15) is 9.59 Å². The highest BCUT2D eigenvalue weighted by Gasteiger charge is 2.70. The minimum Gasteiger partial charge on any atom is -0.462 e. The smallest absolute Gasteiger partial charge is 0.305 e. The van der Waals surface area contributed by atoms with Gasteiger partial charge in [-0.2, -0.15) is 0 Å². The van der Waals surface area contributed by atoms with Crippen molar-refractivity contribution in [2.75, 3.05) is 6.54 Å². The molecule has 0 radical (unpaired) electrons. The first kappa shape index (κ1) is 26.1. The summed E-state index contributed by atoms with van der Waals surface area (Å²) in [6, 6.07) is 0. The van der Waals surface area contributed by atoms with E-state index in [2.05, 4.69) is 32.6 Å². The average Bonchev–Trinajstić information content (AvgIpc) is 3.31. The fourth-order valence-electron chi connectivity index (χ4n) is 11.4. The summed E-state index contributed by atoms with van der Waals surface area (Å²) in [5.41, 5.74) is 0.323. The van der Waals surface area contributed by atoms with Crippen LogP contribution in [0.15, 0.2) is 0 Å². The second-order valence-corrected chi connectivity index (χ2v) is 14.8. The number of carbonyl (C=O) groups excluding carboxylic acids is 2. The molecule has 2 heterocycles. The summed E-state index contributed by atoms with van der Waals surface area (Å²) in [4.78, 5) is 26.9. The summed E-state index contributed by atoms with van der Waals surface area (Å²) >= 11 is 0.